The smallest absolute Gasteiger partial charge is 0.418 e. The number of rotatable bonds is 4. The minimum atomic E-state index is -0.694. The van der Waals surface area contributed by atoms with Crippen LogP contribution in [-0.4, -0.2) is 35.7 Å². The number of benzene rings is 1. The van der Waals surface area contributed by atoms with Gasteiger partial charge in [0.25, 0.3) is 0 Å². The van der Waals surface area contributed by atoms with Gasteiger partial charge in [-0.15, -0.1) is 0 Å². The summed E-state index contributed by atoms with van der Waals surface area (Å²) in [7, 11) is 0. The molecule has 0 unspecified atom stereocenters. The van der Waals surface area contributed by atoms with Crippen LogP contribution in [0.1, 0.15) is 31.9 Å². The van der Waals surface area contributed by atoms with Crippen LogP contribution in [0.4, 0.5) is 9.59 Å². The molecule has 6 nitrogen and oxygen atoms in total. The maximum atomic E-state index is 12.2. The molecule has 0 saturated heterocycles. The SMILES string of the molecule is Cc1ccccc1CNC(=O)N(CCN)C(=O)OC(C)(C)C. The van der Waals surface area contributed by atoms with Gasteiger partial charge in [0.05, 0.1) is 0 Å². The predicted octanol–water partition coefficient (Wildman–Crippen LogP) is 2.40. The number of carbonyl (C=O) groups is 2. The Morgan fingerprint density at radius 3 is 2.45 bits per heavy atom. The van der Waals surface area contributed by atoms with Gasteiger partial charge < -0.3 is 15.8 Å². The molecule has 0 aliphatic carbocycles. The van der Waals surface area contributed by atoms with Gasteiger partial charge in [-0.3, -0.25) is 0 Å². The molecular weight excluding hydrogens is 282 g/mol. The number of nitrogens with one attached hydrogen (secondary N) is 1. The van der Waals surface area contributed by atoms with Crippen LogP contribution in [0.3, 0.4) is 0 Å². The lowest BCUT2D eigenvalue weighted by Crippen LogP contribution is -2.47. The Bertz CT molecular complexity index is 524. The van der Waals surface area contributed by atoms with E-state index in [0.29, 0.717) is 6.54 Å². The van der Waals surface area contributed by atoms with E-state index in [4.69, 9.17) is 10.5 Å². The Labute approximate surface area is 131 Å². The molecular formula is C16H25N3O3. The molecule has 0 heterocycles. The van der Waals surface area contributed by atoms with Crippen LogP contribution >= 0.6 is 0 Å². The molecule has 3 amide bonds. The summed E-state index contributed by atoms with van der Waals surface area (Å²) < 4.78 is 5.22. The highest BCUT2D eigenvalue weighted by atomic mass is 16.6. The lowest BCUT2D eigenvalue weighted by Gasteiger charge is -2.26. The standard InChI is InChI=1S/C16H25N3O3/c1-12-7-5-6-8-13(12)11-18-14(20)19(10-9-17)15(21)22-16(2,3)4/h5-8H,9-11,17H2,1-4H3,(H,18,20). The fourth-order valence-electron chi connectivity index (χ4n) is 1.80. The van der Waals surface area contributed by atoms with E-state index in [1.165, 1.54) is 0 Å². The van der Waals surface area contributed by atoms with Crippen LogP contribution in [0.25, 0.3) is 0 Å². The second-order valence-electron chi connectivity index (χ2n) is 6.01. The molecule has 22 heavy (non-hydrogen) atoms. The molecule has 0 radical (unpaired) electrons. The van der Waals surface area contributed by atoms with Crippen molar-refractivity contribution in [3.8, 4) is 0 Å². The average Bonchev–Trinajstić information content (AvgIpc) is 2.41. The van der Waals surface area contributed by atoms with Crippen molar-refractivity contribution < 1.29 is 14.3 Å². The number of nitrogens with two attached hydrogens (primary N) is 1. The van der Waals surface area contributed by atoms with Crippen molar-refractivity contribution in [3.05, 3.63) is 35.4 Å². The van der Waals surface area contributed by atoms with Gasteiger partial charge in [0.1, 0.15) is 5.60 Å². The van der Waals surface area contributed by atoms with Gasteiger partial charge >= 0.3 is 12.1 Å². The number of imide groups is 1. The molecule has 0 bridgehead atoms. The summed E-state index contributed by atoms with van der Waals surface area (Å²) in [6.07, 6.45) is -0.694. The van der Waals surface area contributed by atoms with Gasteiger partial charge in [-0.05, 0) is 38.8 Å². The third-order valence-electron chi connectivity index (χ3n) is 2.90. The number of amides is 3. The number of aryl methyl sites for hydroxylation is 1. The zero-order chi connectivity index (χ0) is 16.8. The van der Waals surface area contributed by atoms with Crippen LogP contribution in [0, 0.1) is 6.92 Å². The van der Waals surface area contributed by atoms with Crippen molar-refractivity contribution in [2.75, 3.05) is 13.1 Å². The third kappa shape index (κ3) is 5.73. The van der Waals surface area contributed by atoms with Crippen LogP contribution < -0.4 is 11.1 Å². The Morgan fingerprint density at radius 2 is 1.91 bits per heavy atom. The van der Waals surface area contributed by atoms with Gasteiger partial charge in [-0.2, -0.15) is 0 Å². The van der Waals surface area contributed by atoms with Gasteiger partial charge in [0.2, 0.25) is 0 Å². The van der Waals surface area contributed by atoms with Gasteiger partial charge in [0, 0.05) is 19.6 Å². The number of hydrogen-bond donors (Lipinski definition) is 2. The quantitative estimate of drug-likeness (QED) is 0.894. The zero-order valence-electron chi connectivity index (χ0n) is 13.7. The highest BCUT2D eigenvalue weighted by Gasteiger charge is 2.26. The van der Waals surface area contributed by atoms with Gasteiger partial charge in [-0.25, -0.2) is 14.5 Å². The minimum Gasteiger partial charge on any atom is -0.443 e. The molecule has 0 saturated carbocycles. The second-order valence-corrected chi connectivity index (χ2v) is 6.01. The Balaban J connectivity index is 2.69. The van der Waals surface area contributed by atoms with Crippen molar-refractivity contribution >= 4 is 12.1 Å². The first-order chi connectivity index (χ1) is 10.2. The van der Waals surface area contributed by atoms with Crippen LogP contribution in [0.2, 0.25) is 0 Å². The topological polar surface area (TPSA) is 84.7 Å². The maximum absolute atomic E-state index is 12.2. The predicted molar refractivity (Wildman–Crippen MR) is 85.4 cm³/mol. The molecule has 0 spiro atoms. The molecule has 1 aromatic rings. The number of nitrogens with zero attached hydrogens (tertiary/aromatic N) is 1. The molecule has 0 atom stereocenters. The van der Waals surface area contributed by atoms with Crippen molar-refractivity contribution in [1.29, 1.82) is 0 Å². The molecule has 0 aliphatic rings. The number of carbonyl (C=O) groups excluding carboxylic acids is 2. The molecule has 0 aromatic heterocycles. The van der Waals surface area contributed by atoms with Crippen LogP contribution in [-0.2, 0) is 11.3 Å². The Kier molecular flexibility index (Phi) is 6.37. The number of hydrogen-bond acceptors (Lipinski definition) is 4. The molecule has 3 N–H and O–H groups in total. The van der Waals surface area contributed by atoms with Crippen LogP contribution in [0.15, 0.2) is 24.3 Å². The highest BCUT2D eigenvalue weighted by molar-refractivity contribution is 5.91. The van der Waals surface area contributed by atoms with Crippen molar-refractivity contribution in [1.82, 2.24) is 10.2 Å². The van der Waals surface area contributed by atoms with Crippen molar-refractivity contribution in [2.24, 2.45) is 5.73 Å². The third-order valence-corrected chi connectivity index (χ3v) is 2.90. The highest BCUT2D eigenvalue weighted by Crippen LogP contribution is 2.11. The Morgan fingerprint density at radius 1 is 1.27 bits per heavy atom. The number of urea groups is 1. The summed E-state index contributed by atoms with van der Waals surface area (Å²) in [6, 6.07) is 7.22. The summed E-state index contributed by atoms with van der Waals surface area (Å²) in [4.78, 5) is 25.2. The van der Waals surface area contributed by atoms with Crippen molar-refractivity contribution in [2.45, 2.75) is 39.8 Å². The first-order valence-corrected chi connectivity index (χ1v) is 7.27. The first kappa shape index (κ1) is 18.0. The zero-order valence-corrected chi connectivity index (χ0v) is 13.7. The summed E-state index contributed by atoms with van der Waals surface area (Å²) >= 11 is 0. The summed E-state index contributed by atoms with van der Waals surface area (Å²) in [5.41, 5.74) is 6.87. The van der Waals surface area contributed by atoms with E-state index < -0.39 is 17.7 Å². The number of ether oxygens (including phenoxy) is 1. The van der Waals surface area contributed by atoms with E-state index in [2.05, 4.69) is 5.32 Å². The molecule has 0 aliphatic heterocycles. The minimum absolute atomic E-state index is 0.106. The van der Waals surface area contributed by atoms with Crippen molar-refractivity contribution in [3.63, 3.8) is 0 Å². The fraction of sp³-hybridized carbons (Fsp3) is 0.500. The summed E-state index contributed by atoms with van der Waals surface area (Å²) in [6.45, 7) is 7.83. The van der Waals surface area contributed by atoms with Crippen LogP contribution in [0.5, 0.6) is 0 Å². The Hall–Kier alpha value is -2.08. The maximum Gasteiger partial charge on any atom is 0.418 e. The normalized spacial score (nSPS) is 11.0. The van der Waals surface area contributed by atoms with E-state index in [1.54, 1.807) is 20.8 Å². The second kappa shape index (κ2) is 7.79. The van der Waals surface area contributed by atoms with E-state index in [9.17, 15) is 9.59 Å². The van der Waals surface area contributed by atoms with E-state index in [0.717, 1.165) is 16.0 Å². The van der Waals surface area contributed by atoms with E-state index in [1.807, 2.05) is 31.2 Å². The van der Waals surface area contributed by atoms with E-state index in [-0.39, 0.29) is 13.1 Å². The van der Waals surface area contributed by atoms with Gasteiger partial charge in [-0.1, -0.05) is 24.3 Å². The lowest BCUT2D eigenvalue weighted by molar-refractivity contribution is 0.0325. The molecule has 6 heteroatoms. The monoisotopic (exact) mass is 307 g/mol. The summed E-state index contributed by atoms with van der Waals surface area (Å²) in [5, 5.41) is 2.72. The average molecular weight is 307 g/mol. The molecule has 122 valence electrons. The van der Waals surface area contributed by atoms with E-state index >= 15 is 0 Å². The summed E-state index contributed by atoms with van der Waals surface area (Å²) in [5.74, 6) is 0. The fourth-order valence-corrected chi connectivity index (χ4v) is 1.80. The molecule has 1 rings (SSSR count). The van der Waals surface area contributed by atoms with Gasteiger partial charge in [0.15, 0.2) is 0 Å². The first-order valence-electron chi connectivity index (χ1n) is 7.27. The largest absolute Gasteiger partial charge is 0.443 e. The molecule has 1 aromatic carbocycles. The lowest BCUT2D eigenvalue weighted by atomic mass is 10.1. The molecule has 0 fully saturated rings.